The predicted octanol–water partition coefficient (Wildman–Crippen LogP) is 5.44. The van der Waals surface area contributed by atoms with Crippen LogP contribution in [0.4, 0.5) is 11.5 Å². The summed E-state index contributed by atoms with van der Waals surface area (Å²) in [4.78, 5) is 19.9. The average molecular weight is 427 g/mol. The van der Waals surface area contributed by atoms with Crippen molar-refractivity contribution in [3.05, 3.63) is 88.5 Å². The first-order valence-corrected chi connectivity index (χ1v) is 10.1. The standard InChI is InChI=1S/C24H21N5O3/c1-16(2)32-20-12-10-18(11-13-20)23-26-22-9-4-3-8-21(22)24(27-23)28-25-15-17-6-5-7-19(14-17)29(30)31/h3-16H,1-2H3,(H,26,27,28)/b25-15-. The Morgan fingerprint density at radius 3 is 2.56 bits per heavy atom. The van der Waals surface area contributed by atoms with Crippen LogP contribution in [-0.4, -0.2) is 27.2 Å². The third kappa shape index (κ3) is 4.86. The molecule has 1 heterocycles. The van der Waals surface area contributed by atoms with Crippen LogP contribution in [0.25, 0.3) is 22.3 Å². The Hall–Kier alpha value is -4.33. The van der Waals surface area contributed by atoms with E-state index >= 15 is 0 Å². The zero-order valence-electron chi connectivity index (χ0n) is 17.6. The van der Waals surface area contributed by atoms with E-state index < -0.39 is 4.92 Å². The Bertz CT molecular complexity index is 1290. The van der Waals surface area contributed by atoms with Crippen LogP contribution in [0.5, 0.6) is 5.75 Å². The number of aromatic nitrogens is 2. The summed E-state index contributed by atoms with van der Waals surface area (Å²) in [6, 6.07) is 21.5. The molecular weight excluding hydrogens is 406 g/mol. The van der Waals surface area contributed by atoms with E-state index in [0.29, 0.717) is 17.2 Å². The van der Waals surface area contributed by atoms with E-state index in [1.165, 1.54) is 18.3 Å². The molecule has 4 rings (SSSR count). The van der Waals surface area contributed by atoms with Gasteiger partial charge in [-0.3, -0.25) is 15.5 Å². The number of fused-ring (bicyclic) bond motifs is 1. The van der Waals surface area contributed by atoms with Crippen molar-refractivity contribution in [1.82, 2.24) is 9.97 Å². The number of hydrogen-bond acceptors (Lipinski definition) is 7. The van der Waals surface area contributed by atoms with E-state index in [4.69, 9.17) is 4.74 Å². The highest BCUT2D eigenvalue weighted by Gasteiger charge is 2.10. The highest BCUT2D eigenvalue weighted by molar-refractivity contribution is 5.91. The van der Waals surface area contributed by atoms with Crippen LogP contribution in [-0.2, 0) is 0 Å². The van der Waals surface area contributed by atoms with Gasteiger partial charge in [0.2, 0.25) is 0 Å². The van der Waals surface area contributed by atoms with Gasteiger partial charge in [0.05, 0.1) is 22.8 Å². The second-order valence-corrected chi connectivity index (χ2v) is 7.33. The number of ether oxygens (including phenoxy) is 1. The van der Waals surface area contributed by atoms with E-state index in [1.54, 1.807) is 12.1 Å². The molecule has 8 heteroatoms. The summed E-state index contributed by atoms with van der Waals surface area (Å²) in [5.41, 5.74) is 5.18. The van der Waals surface area contributed by atoms with E-state index in [1.807, 2.05) is 62.4 Å². The Morgan fingerprint density at radius 2 is 1.81 bits per heavy atom. The highest BCUT2D eigenvalue weighted by Crippen LogP contribution is 2.26. The van der Waals surface area contributed by atoms with E-state index in [0.717, 1.165) is 22.2 Å². The molecule has 4 aromatic rings. The third-order valence-electron chi connectivity index (χ3n) is 4.55. The van der Waals surface area contributed by atoms with Crippen LogP contribution in [0.3, 0.4) is 0 Å². The summed E-state index contributed by atoms with van der Waals surface area (Å²) in [7, 11) is 0. The minimum Gasteiger partial charge on any atom is -0.491 e. The Kier molecular flexibility index (Phi) is 6.03. The molecule has 0 saturated carbocycles. The molecule has 0 aliphatic heterocycles. The second kappa shape index (κ2) is 9.22. The lowest BCUT2D eigenvalue weighted by Crippen LogP contribution is -2.05. The fraction of sp³-hybridized carbons (Fsp3) is 0.125. The van der Waals surface area contributed by atoms with Crippen molar-refractivity contribution in [2.75, 3.05) is 5.43 Å². The molecule has 0 aliphatic carbocycles. The van der Waals surface area contributed by atoms with Crippen LogP contribution < -0.4 is 10.2 Å². The fourth-order valence-corrected chi connectivity index (χ4v) is 3.13. The van der Waals surface area contributed by atoms with Crippen molar-refractivity contribution in [1.29, 1.82) is 0 Å². The van der Waals surface area contributed by atoms with Crippen LogP contribution in [0.1, 0.15) is 19.4 Å². The highest BCUT2D eigenvalue weighted by atomic mass is 16.6. The molecule has 1 N–H and O–H groups in total. The summed E-state index contributed by atoms with van der Waals surface area (Å²) in [5.74, 6) is 1.87. The second-order valence-electron chi connectivity index (χ2n) is 7.33. The molecule has 0 bridgehead atoms. The number of hydrazone groups is 1. The van der Waals surface area contributed by atoms with E-state index in [9.17, 15) is 10.1 Å². The minimum atomic E-state index is -0.438. The maximum atomic E-state index is 11.0. The number of benzene rings is 3. The lowest BCUT2D eigenvalue weighted by molar-refractivity contribution is -0.384. The topological polar surface area (TPSA) is 103 Å². The molecule has 0 spiro atoms. The average Bonchev–Trinajstić information content (AvgIpc) is 2.79. The first-order valence-electron chi connectivity index (χ1n) is 10.1. The summed E-state index contributed by atoms with van der Waals surface area (Å²) in [5, 5.41) is 16.0. The number of hydrogen-bond donors (Lipinski definition) is 1. The van der Waals surface area contributed by atoms with E-state index in [-0.39, 0.29) is 11.8 Å². The van der Waals surface area contributed by atoms with Gasteiger partial charge in [-0.25, -0.2) is 9.97 Å². The molecule has 1 aromatic heterocycles. The number of rotatable bonds is 7. The zero-order valence-corrected chi connectivity index (χ0v) is 17.6. The normalized spacial score (nSPS) is 11.2. The summed E-state index contributed by atoms with van der Waals surface area (Å²) in [6.45, 7) is 3.96. The largest absolute Gasteiger partial charge is 0.491 e. The maximum absolute atomic E-state index is 11.0. The van der Waals surface area contributed by atoms with Crippen LogP contribution >= 0.6 is 0 Å². The number of anilines is 1. The van der Waals surface area contributed by atoms with Crippen molar-refractivity contribution >= 4 is 28.6 Å². The van der Waals surface area contributed by atoms with Crippen molar-refractivity contribution < 1.29 is 9.66 Å². The monoisotopic (exact) mass is 427 g/mol. The molecular formula is C24H21N5O3. The van der Waals surface area contributed by atoms with E-state index in [2.05, 4.69) is 20.5 Å². The molecule has 0 radical (unpaired) electrons. The number of nitrogens with one attached hydrogen (secondary N) is 1. The number of nitro groups is 1. The number of nitrogens with zero attached hydrogens (tertiary/aromatic N) is 4. The van der Waals surface area contributed by atoms with Gasteiger partial charge in [-0.2, -0.15) is 5.10 Å². The first-order chi connectivity index (χ1) is 15.5. The number of para-hydroxylation sites is 1. The number of non-ortho nitro benzene ring substituents is 1. The van der Waals surface area contributed by atoms with Crippen LogP contribution in [0, 0.1) is 10.1 Å². The quantitative estimate of drug-likeness (QED) is 0.239. The first kappa shape index (κ1) is 20.9. The molecule has 0 fully saturated rings. The minimum absolute atomic E-state index is 0.00798. The summed E-state index contributed by atoms with van der Waals surface area (Å²) >= 11 is 0. The van der Waals surface area contributed by atoms with Crippen molar-refractivity contribution in [3.8, 4) is 17.1 Å². The lowest BCUT2D eigenvalue weighted by Gasteiger charge is -2.11. The molecule has 0 saturated heterocycles. The third-order valence-corrected chi connectivity index (χ3v) is 4.55. The molecule has 0 atom stereocenters. The van der Waals surface area contributed by atoms with Gasteiger partial charge in [0.1, 0.15) is 5.75 Å². The molecule has 0 aliphatic rings. The Labute approximate surface area is 184 Å². The molecule has 0 amide bonds. The molecule has 0 unspecified atom stereocenters. The summed E-state index contributed by atoms with van der Waals surface area (Å²) < 4.78 is 5.70. The SMILES string of the molecule is CC(C)Oc1ccc(-c2nc(N/N=C\c3cccc([N+](=O)[O-])c3)c3ccccc3n2)cc1. The fourth-order valence-electron chi connectivity index (χ4n) is 3.13. The predicted molar refractivity (Wildman–Crippen MR) is 125 cm³/mol. The van der Waals surface area contributed by atoms with Crippen molar-refractivity contribution in [2.24, 2.45) is 5.10 Å². The summed E-state index contributed by atoms with van der Waals surface area (Å²) in [6.07, 6.45) is 1.61. The van der Waals surface area contributed by atoms with Gasteiger partial charge in [-0.15, -0.1) is 0 Å². The molecule has 3 aromatic carbocycles. The van der Waals surface area contributed by atoms with Gasteiger partial charge in [-0.05, 0) is 50.2 Å². The molecule has 160 valence electrons. The van der Waals surface area contributed by atoms with Gasteiger partial charge >= 0.3 is 0 Å². The van der Waals surface area contributed by atoms with Crippen molar-refractivity contribution in [2.45, 2.75) is 20.0 Å². The van der Waals surface area contributed by atoms with Crippen molar-refractivity contribution in [3.63, 3.8) is 0 Å². The van der Waals surface area contributed by atoms with Gasteiger partial charge in [-0.1, -0.05) is 24.3 Å². The molecule has 32 heavy (non-hydrogen) atoms. The molecule has 8 nitrogen and oxygen atoms in total. The van der Waals surface area contributed by atoms with Gasteiger partial charge in [0, 0.05) is 28.6 Å². The van der Waals surface area contributed by atoms with Crippen LogP contribution in [0.15, 0.2) is 77.9 Å². The smallest absolute Gasteiger partial charge is 0.270 e. The van der Waals surface area contributed by atoms with Gasteiger partial charge < -0.3 is 4.74 Å². The van der Waals surface area contributed by atoms with Crippen LogP contribution in [0.2, 0.25) is 0 Å². The van der Waals surface area contributed by atoms with Gasteiger partial charge in [0.25, 0.3) is 5.69 Å². The Morgan fingerprint density at radius 1 is 1.03 bits per heavy atom. The number of nitro benzene ring substituents is 1. The lowest BCUT2D eigenvalue weighted by atomic mass is 10.1. The maximum Gasteiger partial charge on any atom is 0.270 e. The van der Waals surface area contributed by atoms with Gasteiger partial charge in [0.15, 0.2) is 11.6 Å². The zero-order chi connectivity index (χ0) is 22.5. The Balaban J connectivity index is 1.64.